The van der Waals surface area contributed by atoms with Gasteiger partial charge in [0, 0.05) is 12.4 Å². The summed E-state index contributed by atoms with van der Waals surface area (Å²) in [6.45, 7) is 8.04. The molecule has 0 saturated carbocycles. The van der Waals surface area contributed by atoms with Gasteiger partial charge in [-0.1, -0.05) is 13.8 Å². The van der Waals surface area contributed by atoms with Crippen LogP contribution >= 0.6 is 0 Å². The minimum Gasteiger partial charge on any atom is -0.304 e. The molecule has 0 unspecified atom stereocenters. The average Bonchev–Trinajstić information content (AvgIpc) is 2.31. The molecule has 0 aliphatic rings. The maximum Gasteiger partial charge on any atom is 0.0270 e. The highest BCUT2D eigenvalue weighted by Crippen LogP contribution is 2.04. The Morgan fingerprint density at radius 1 is 1.07 bits per heavy atom. The van der Waals surface area contributed by atoms with E-state index in [1.54, 1.807) is 0 Å². The highest BCUT2D eigenvalue weighted by Gasteiger charge is 1.98. The van der Waals surface area contributed by atoms with Crippen molar-refractivity contribution in [3.8, 4) is 0 Å². The van der Waals surface area contributed by atoms with E-state index in [1.807, 2.05) is 12.4 Å². The molecule has 0 aliphatic carbocycles. The van der Waals surface area contributed by atoms with Crippen molar-refractivity contribution in [3.05, 3.63) is 30.1 Å². The molecule has 0 fully saturated rings. The average molecular weight is 206 g/mol. The van der Waals surface area contributed by atoms with Crippen LogP contribution in [0.15, 0.2) is 24.5 Å². The predicted octanol–water partition coefficient (Wildman–Crippen LogP) is 2.75. The normalized spacial score (nSPS) is 10.9. The van der Waals surface area contributed by atoms with E-state index in [9.17, 15) is 0 Å². The monoisotopic (exact) mass is 206 g/mol. The van der Waals surface area contributed by atoms with Crippen LogP contribution in [0.3, 0.4) is 0 Å². The van der Waals surface area contributed by atoms with Crippen molar-refractivity contribution in [3.63, 3.8) is 0 Å². The maximum absolute atomic E-state index is 4.02. The molecular weight excluding hydrogens is 184 g/mol. The Hall–Kier alpha value is -0.890. The lowest BCUT2D eigenvalue weighted by atomic mass is 10.1. The van der Waals surface area contributed by atoms with Crippen molar-refractivity contribution in [1.29, 1.82) is 0 Å². The molecule has 1 rings (SSSR count). The summed E-state index contributed by atoms with van der Waals surface area (Å²) in [4.78, 5) is 6.50. The third-order valence-electron chi connectivity index (χ3n) is 2.83. The maximum atomic E-state index is 4.02. The van der Waals surface area contributed by atoms with Crippen LogP contribution in [0, 0.1) is 0 Å². The number of rotatable bonds is 7. The second kappa shape index (κ2) is 7.41. The van der Waals surface area contributed by atoms with E-state index in [2.05, 4.69) is 35.9 Å². The molecule has 0 bridgehead atoms. The number of aryl methyl sites for hydroxylation is 1. The molecule has 84 valence electrons. The SMILES string of the molecule is CCN(CC)CCCCc1ccncc1. The summed E-state index contributed by atoms with van der Waals surface area (Å²) in [5.41, 5.74) is 1.41. The Morgan fingerprint density at radius 3 is 2.33 bits per heavy atom. The molecule has 0 amide bonds. The Bertz CT molecular complexity index is 242. The lowest BCUT2D eigenvalue weighted by Gasteiger charge is -2.17. The zero-order chi connectivity index (χ0) is 10.9. The smallest absolute Gasteiger partial charge is 0.0270 e. The van der Waals surface area contributed by atoms with Gasteiger partial charge in [0.15, 0.2) is 0 Å². The topological polar surface area (TPSA) is 16.1 Å². The summed E-state index contributed by atoms with van der Waals surface area (Å²) in [5.74, 6) is 0. The third-order valence-corrected chi connectivity index (χ3v) is 2.83. The molecule has 1 aromatic heterocycles. The number of unbranched alkanes of at least 4 members (excludes halogenated alkanes) is 1. The van der Waals surface area contributed by atoms with Crippen LogP contribution in [0.2, 0.25) is 0 Å². The van der Waals surface area contributed by atoms with Crippen molar-refractivity contribution in [1.82, 2.24) is 9.88 Å². The molecule has 1 heterocycles. The lowest BCUT2D eigenvalue weighted by Crippen LogP contribution is -2.23. The van der Waals surface area contributed by atoms with Crippen LogP contribution in [0.4, 0.5) is 0 Å². The molecule has 0 spiro atoms. The fraction of sp³-hybridized carbons (Fsp3) is 0.615. The first-order valence-corrected chi connectivity index (χ1v) is 5.98. The predicted molar refractivity (Wildman–Crippen MR) is 65.0 cm³/mol. The van der Waals surface area contributed by atoms with E-state index in [0.29, 0.717) is 0 Å². The van der Waals surface area contributed by atoms with E-state index in [1.165, 1.54) is 44.5 Å². The van der Waals surface area contributed by atoms with Gasteiger partial charge in [0.1, 0.15) is 0 Å². The van der Waals surface area contributed by atoms with E-state index < -0.39 is 0 Å². The fourth-order valence-electron chi connectivity index (χ4n) is 1.75. The van der Waals surface area contributed by atoms with E-state index in [-0.39, 0.29) is 0 Å². The van der Waals surface area contributed by atoms with Gasteiger partial charge in [-0.25, -0.2) is 0 Å². The van der Waals surface area contributed by atoms with Gasteiger partial charge in [-0.3, -0.25) is 4.98 Å². The molecule has 0 radical (unpaired) electrons. The Kier molecular flexibility index (Phi) is 6.02. The standard InChI is InChI=1S/C13H22N2/c1-3-15(4-2)12-6-5-7-13-8-10-14-11-9-13/h8-11H,3-7,12H2,1-2H3. The van der Waals surface area contributed by atoms with Crippen LogP contribution in [0.1, 0.15) is 32.3 Å². The van der Waals surface area contributed by atoms with Gasteiger partial charge in [0.25, 0.3) is 0 Å². The summed E-state index contributed by atoms with van der Waals surface area (Å²) < 4.78 is 0. The van der Waals surface area contributed by atoms with Crippen LogP contribution < -0.4 is 0 Å². The second-order valence-corrected chi connectivity index (χ2v) is 3.84. The number of nitrogens with zero attached hydrogens (tertiary/aromatic N) is 2. The van der Waals surface area contributed by atoms with Gasteiger partial charge in [-0.05, 0) is 56.6 Å². The molecule has 0 aromatic carbocycles. The quantitative estimate of drug-likeness (QED) is 0.638. The van der Waals surface area contributed by atoms with Gasteiger partial charge in [0.05, 0.1) is 0 Å². The molecule has 0 saturated heterocycles. The largest absolute Gasteiger partial charge is 0.304 e. The summed E-state index contributed by atoms with van der Waals surface area (Å²) >= 11 is 0. The summed E-state index contributed by atoms with van der Waals surface area (Å²) in [6, 6.07) is 4.22. The second-order valence-electron chi connectivity index (χ2n) is 3.84. The Labute approximate surface area is 93.3 Å². The van der Waals surface area contributed by atoms with Crippen LogP contribution in [-0.4, -0.2) is 29.5 Å². The minimum absolute atomic E-state index is 1.17. The van der Waals surface area contributed by atoms with Crippen LogP contribution in [0.5, 0.6) is 0 Å². The van der Waals surface area contributed by atoms with Crippen molar-refractivity contribution in [2.45, 2.75) is 33.1 Å². The summed E-state index contributed by atoms with van der Waals surface area (Å²) in [6.07, 6.45) is 7.51. The Morgan fingerprint density at radius 2 is 1.73 bits per heavy atom. The molecule has 15 heavy (non-hydrogen) atoms. The number of hydrogen-bond acceptors (Lipinski definition) is 2. The molecule has 2 heteroatoms. The summed E-state index contributed by atoms with van der Waals surface area (Å²) in [7, 11) is 0. The molecule has 1 aromatic rings. The van der Waals surface area contributed by atoms with Gasteiger partial charge in [-0.15, -0.1) is 0 Å². The molecule has 0 aliphatic heterocycles. The zero-order valence-corrected chi connectivity index (χ0v) is 9.95. The van der Waals surface area contributed by atoms with E-state index in [0.717, 1.165) is 0 Å². The summed E-state index contributed by atoms with van der Waals surface area (Å²) in [5, 5.41) is 0. The van der Waals surface area contributed by atoms with Gasteiger partial charge in [0.2, 0.25) is 0 Å². The first-order valence-electron chi connectivity index (χ1n) is 5.98. The molecule has 2 nitrogen and oxygen atoms in total. The Balaban J connectivity index is 2.12. The third kappa shape index (κ3) is 4.93. The highest BCUT2D eigenvalue weighted by atomic mass is 15.1. The first kappa shape index (κ1) is 12.2. The van der Waals surface area contributed by atoms with Crippen molar-refractivity contribution < 1.29 is 0 Å². The van der Waals surface area contributed by atoms with E-state index in [4.69, 9.17) is 0 Å². The van der Waals surface area contributed by atoms with Gasteiger partial charge in [-0.2, -0.15) is 0 Å². The van der Waals surface area contributed by atoms with E-state index >= 15 is 0 Å². The van der Waals surface area contributed by atoms with Crippen molar-refractivity contribution in [2.24, 2.45) is 0 Å². The number of pyridine rings is 1. The molecule has 0 atom stereocenters. The lowest BCUT2D eigenvalue weighted by molar-refractivity contribution is 0.297. The van der Waals surface area contributed by atoms with Crippen molar-refractivity contribution >= 4 is 0 Å². The minimum atomic E-state index is 1.17. The number of hydrogen-bond donors (Lipinski definition) is 0. The highest BCUT2D eigenvalue weighted by molar-refractivity contribution is 5.09. The zero-order valence-electron chi connectivity index (χ0n) is 9.95. The van der Waals surface area contributed by atoms with Crippen LogP contribution in [0.25, 0.3) is 0 Å². The molecule has 0 N–H and O–H groups in total. The van der Waals surface area contributed by atoms with Crippen LogP contribution in [-0.2, 0) is 6.42 Å². The number of aromatic nitrogens is 1. The fourth-order valence-corrected chi connectivity index (χ4v) is 1.75. The van der Waals surface area contributed by atoms with Gasteiger partial charge < -0.3 is 4.90 Å². The molecular formula is C13H22N2. The van der Waals surface area contributed by atoms with Crippen molar-refractivity contribution in [2.75, 3.05) is 19.6 Å². The first-order chi connectivity index (χ1) is 7.36. The van der Waals surface area contributed by atoms with Gasteiger partial charge >= 0.3 is 0 Å².